The summed E-state index contributed by atoms with van der Waals surface area (Å²) in [5.41, 5.74) is 3.00. The fourth-order valence-electron chi connectivity index (χ4n) is 1.78. The van der Waals surface area contributed by atoms with E-state index in [-0.39, 0.29) is 0 Å². The van der Waals surface area contributed by atoms with Gasteiger partial charge in [0.05, 0.1) is 5.88 Å². The van der Waals surface area contributed by atoms with Crippen LogP contribution in [0.15, 0.2) is 12.3 Å². The maximum atomic E-state index is 5.95. The van der Waals surface area contributed by atoms with E-state index in [1.165, 1.54) is 0 Å². The van der Waals surface area contributed by atoms with Crippen molar-refractivity contribution in [1.82, 2.24) is 14.5 Å². The van der Waals surface area contributed by atoms with Crippen LogP contribution >= 0.6 is 23.4 Å². The number of aryl methyl sites for hydroxylation is 1. The van der Waals surface area contributed by atoms with Gasteiger partial charge in [-0.1, -0.05) is 6.92 Å². The quantitative estimate of drug-likeness (QED) is 0.799. The predicted molar refractivity (Wildman–Crippen MR) is 74.8 cm³/mol. The zero-order valence-electron chi connectivity index (χ0n) is 10.3. The van der Waals surface area contributed by atoms with Crippen molar-refractivity contribution in [3.05, 3.63) is 23.7 Å². The van der Waals surface area contributed by atoms with Gasteiger partial charge in [-0.25, -0.2) is 9.97 Å². The summed E-state index contributed by atoms with van der Waals surface area (Å²) < 4.78 is 2.13. The highest BCUT2D eigenvalue weighted by atomic mass is 35.5. The Morgan fingerprint density at radius 1 is 1.53 bits per heavy atom. The number of thioether (sulfide) groups is 1. The van der Waals surface area contributed by atoms with Crippen molar-refractivity contribution in [3.8, 4) is 0 Å². The Morgan fingerprint density at radius 3 is 2.94 bits per heavy atom. The first-order valence-corrected chi connectivity index (χ1v) is 7.38. The second kappa shape index (κ2) is 5.27. The Hall–Kier alpha value is -0.740. The maximum absolute atomic E-state index is 5.95. The Balaban J connectivity index is 2.50. The number of pyridine rings is 1. The lowest BCUT2D eigenvalue weighted by Crippen LogP contribution is -2.11. The van der Waals surface area contributed by atoms with Crippen molar-refractivity contribution in [2.24, 2.45) is 0 Å². The number of aromatic nitrogens is 3. The van der Waals surface area contributed by atoms with E-state index >= 15 is 0 Å². The van der Waals surface area contributed by atoms with Crippen LogP contribution < -0.4 is 0 Å². The van der Waals surface area contributed by atoms with Crippen LogP contribution in [0.5, 0.6) is 0 Å². The van der Waals surface area contributed by atoms with Crippen molar-refractivity contribution in [2.75, 3.05) is 6.26 Å². The van der Waals surface area contributed by atoms with Crippen molar-refractivity contribution < 1.29 is 0 Å². The maximum Gasteiger partial charge on any atom is 0.160 e. The SMILES string of the molecule is CSC(C)Cn1c(CCl)nc2cc(C)cnc21. The van der Waals surface area contributed by atoms with E-state index in [1.54, 1.807) is 0 Å². The molecule has 92 valence electrons. The van der Waals surface area contributed by atoms with E-state index in [0.29, 0.717) is 11.1 Å². The average Bonchev–Trinajstić information content (AvgIpc) is 2.66. The molecule has 0 aliphatic rings. The van der Waals surface area contributed by atoms with Gasteiger partial charge in [-0.3, -0.25) is 0 Å². The molecule has 17 heavy (non-hydrogen) atoms. The molecule has 0 spiro atoms. The van der Waals surface area contributed by atoms with Gasteiger partial charge in [0.1, 0.15) is 11.3 Å². The van der Waals surface area contributed by atoms with Crippen LogP contribution in [0.3, 0.4) is 0 Å². The summed E-state index contributed by atoms with van der Waals surface area (Å²) in [6, 6.07) is 2.05. The molecule has 5 heteroatoms. The Labute approximate surface area is 111 Å². The number of imidazole rings is 1. The van der Waals surface area contributed by atoms with Gasteiger partial charge in [0.25, 0.3) is 0 Å². The molecule has 0 aliphatic carbocycles. The lowest BCUT2D eigenvalue weighted by atomic mass is 10.3. The fourth-order valence-corrected chi connectivity index (χ4v) is 2.29. The first kappa shape index (κ1) is 12.7. The Kier molecular flexibility index (Phi) is 3.94. The smallest absolute Gasteiger partial charge is 0.160 e. The second-order valence-corrected chi connectivity index (χ2v) is 5.72. The number of hydrogen-bond donors (Lipinski definition) is 0. The summed E-state index contributed by atoms with van der Waals surface area (Å²) in [5, 5.41) is 0.525. The molecular formula is C12H16ClN3S. The normalized spacial score (nSPS) is 13.2. The van der Waals surface area contributed by atoms with Crippen LogP contribution in [0, 0.1) is 6.92 Å². The van der Waals surface area contributed by atoms with E-state index in [2.05, 4.69) is 33.8 Å². The van der Waals surface area contributed by atoms with E-state index < -0.39 is 0 Å². The van der Waals surface area contributed by atoms with E-state index in [9.17, 15) is 0 Å². The Morgan fingerprint density at radius 2 is 2.29 bits per heavy atom. The van der Waals surface area contributed by atoms with Gasteiger partial charge >= 0.3 is 0 Å². The van der Waals surface area contributed by atoms with Gasteiger partial charge in [0.2, 0.25) is 0 Å². The molecule has 2 aromatic rings. The molecule has 2 heterocycles. The number of nitrogens with zero attached hydrogens (tertiary/aromatic N) is 3. The lowest BCUT2D eigenvalue weighted by molar-refractivity contribution is 0.679. The molecule has 0 saturated heterocycles. The number of alkyl halides is 1. The van der Waals surface area contributed by atoms with Crippen LogP contribution in [0.1, 0.15) is 18.3 Å². The van der Waals surface area contributed by atoms with Gasteiger partial charge < -0.3 is 4.57 Å². The third-order valence-corrected chi connectivity index (χ3v) is 3.96. The number of halogens is 1. The molecule has 2 rings (SSSR count). The van der Waals surface area contributed by atoms with Crippen LogP contribution in [-0.4, -0.2) is 26.0 Å². The zero-order chi connectivity index (χ0) is 12.4. The average molecular weight is 270 g/mol. The molecule has 1 unspecified atom stereocenters. The minimum atomic E-state index is 0.427. The van der Waals surface area contributed by atoms with Crippen LogP contribution in [-0.2, 0) is 12.4 Å². The van der Waals surface area contributed by atoms with Crippen LogP contribution in [0.2, 0.25) is 0 Å². The van der Waals surface area contributed by atoms with Gasteiger partial charge in [-0.05, 0) is 24.8 Å². The highest BCUT2D eigenvalue weighted by Crippen LogP contribution is 2.19. The third-order valence-electron chi connectivity index (χ3n) is 2.76. The van der Waals surface area contributed by atoms with Gasteiger partial charge in [0, 0.05) is 18.0 Å². The molecule has 3 nitrogen and oxygen atoms in total. The molecule has 1 atom stereocenters. The first-order chi connectivity index (χ1) is 8.15. The molecule has 0 amide bonds. The van der Waals surface area contributed by atoms with Gasteiger partial charge in [0.15, 0.2) is 5.65 Å². The first-order valence-electron chi connectivity index (χ1n) is 5.56. The van der Waals surface area contributed by atoms with Crippen LogP contribution in [0.25, 0.3) is 11.2 Å². The highest BCUT2D eigenvalue weighted by molar-refractivity contribution is 7.99. The molecule has 0 bridgehead atoms. The minimum absolute atomic E-state index is 0.427. The summed E-state index contributed by atoms with van der Waals surface area (Å²) in [6.07, 6.45) is 3.99. The van der Waals surface area contributed by atoms with Gasteiger partial charge in [-0.2, -0.15) is 11.8 Å². The summed E-state index contributed by atoms with van der Waals surface area (Å²) in [6.45, 7) is 5.12. The number of hydrogen-bond acceptors (Lipinski definition) is 3. The molecule has 0 N–H and O–H groups in total. The van der Waals surface area contributed by atoms with Crippen molar-refractivity contribution in [1.29, 1.82) is 0 Å². The Bertz CT molecular complexity index is 524. The van der Waals surface area contributed by atoms with E-state index in [4.69, 9.17) is 11.6 Å². The standard InChI is InChI=1S/C12H16ClN3S/c1-8-4-10-12(14-6-8)16(7-9(2)17-3)11(5-13)15-10/h4,6,9H,5,7H2,1-3H3. The zero-order valence-corrected chi connectivity index (χ0v) is 11.8. The largest absolute Gasteiger partial charge is 0.311 e. The third kappa shape index (κ3) is 2.58. The lowest BCUT2D eigenvalue weighted by Gasteiger charge is -2.11. The summed E-state index contributed by atoms with van der Waals surface area (Å²) in [4.78, 5) is 9.01. The monoisotopic (exact) mass is 269 g/mol. The molecule has 2 aromatic heterocycles. The minimum Gasteiger partial charge on any atom is -0.311 e. The molecule has 0 fully saturated rings. The second-order valence-electron chi connectivity index (χ2n) is 4.17. The summed E-state index contributed by atoms with van der Waals surface area (Å²) in [5.74, 6) is 1.33. The van der Waals surface area contributed by atoms with Crippen molar-refractivity contribution in [2.45, 2.75) is 31.5 Å². The van der Waals surface area contributed by atoms with Crippen molar-refractivity contribution in [3.63, 3.8) is 0 Å². The molecule has 0 radical (unpaired) electrons. The summed E-state index contributed by atoms with van der Waals surface area (Å²) >= 11 is 7.79. The fraction of sp³-hybridized carbons (Fsp3) is 0.500. The summed E-state index contributed by atoms with van der Waals surface area (Å²) in [7, 11) is 0. The number of fused-ring (bicyclic) bond motifs is 1. The van der Waals surface area contributed by atoms with Crippen LogP contribution in [0.4, 0.5) is 0 Å². The molecule has 0 saturated carbocycles. The van der Waals surface area contributed by atoms with E-state index in [0.717, 1.165) is 29.1 Å². The predicted octanol–water partition coefficient (Wildman–Crippen LogP) is 3.23. The molecular weight excluding hydrogens is 254 g/mol. The number of rotatable bonds is 4. The van der Waals surface area contributed by atoms with Crippen molar-refractivity contribution >= 4 is 34.5 Å². The topological polar surface area (TPSA) is 30.7 Å². The van der Waals surface area contributed by atoms with E-state index in [1.807, 2.05) is 24.9 Å². The highest BCUT2D eigenvalue weighted by Gasteiger charge is 2.13. The molecule has 0 aliphatic heterocycles. The van der Waals surface area contributed by atoms with Gasteiger partial charge in [-0.15, -0.1) is 11.6 Å². The molecule has 0 aromatic carbocycles.